The Morgan fingerprint density at radius 3 is 1.38 bits per heavy atom. The highest BCUT2D eigenvalue weighted by Crippen LogP contribution is 2.15. The monoisotopic (exact) mass is 486 g/mol. The summed E-state index contributed by atoms with van der Waals surface area (Å²) in [4.78, 5) is 61.2. The molecule has 0 unspecified atom stereocenters. The van der Waals surface area contributed by atoms with Crippen molar-refractivity contribution in [3.63, 3.8) is 0 Å². The summed E-state index contributed by atoms with van der Waals surface area (Å²) in [5, 5.41) is 5.05. The number of hydrogen-bond donors (Lipinski definition) is 2. The van der Waals surface area contributed by atoms with E-state index >= 15 is 0 Å². The summed E-state index contributed by atoms with van der Waals surface area (Å²) in [6.07, 6.45) is -0.325. The molecule has 196 valence electrons. The Morgan fingerprint density at radius 1 is 0.618 bits per heavy atom. The van der Waals surface area contributed by atoms with Crippen molar-refractivity contribution in [3.8, 4) is 0 Å². The molecule has 2 N–H and O–H groups in total. The van der Waals surface area contributed by atoms with Crippen LogP contribution in [-0.4, -0.2) is 58.6 Å². The van der Waals surface area contributed by atoms with E-state index in [1.54, 1.807) is 62.3 Å². The Bertz CT molecular complexity index is 742. The normalized spacial score (nSPS) is 13.8. The molecule has 10 nitrogen and oxygen atoms in total. The van der Waals surface area contributed by atoms with Crippen molar-refractivity contribution in [3.05, 3.63) is 0 Å². The average Bonchev–Trinajstić information content (AvgIpc) is 2.57. The van der Waals surface area contributed by atoms with Gasteiger partial charge in [-0.25, -0.2) is 9.59 Å². The van der Waals surface area contributed by atoms with Crippen LogP contribution in [0.25, 0.3) is 0 Å². The maximum absolute atomic E-state index is 12.6. The molecule has 0 saturated carbocycles. The van der Waals surface area contributed by atoms with Crippen molar-refractivity contribution in [2.45, 2.75) is 124 Å². The molecule has 0 spiro atoms. The highest BCUT2D eigenvalue weighted by atomic mass is 16.6. The predicted molar refractivity (Wildman–Crippen MR) is 126 cm³/mol. The van der Waals surface area contributed by atoms with Crippen molar-refractivity contribution in [1.82, 2.24) is 10.6 Å². The zero-order valence-corrected chi connectivity index (χ0v) is 22.2. The van der Waals surface area contributed by atoms with Gasteiger partial charge in [-0.3, -0.25) is 14.4 Å². The Kier molecular flexibility index (Phi) is 11.7. The maximum atomic E-state index is 12.6. The van der Waals surface area contributed by atoms with E-state index < -0.39 is 58.6 Å². The van der Waals surface area contributed by atoms with E-state index in [1.807, 2.05) is 0 Å². The lowest BCUT2D eigenvalue weighted by atomic mass is 10.1. The summed E-state index contributed by atoms with van der Waals surface area (Å²) in [5.41, 5.74) is -2.24. The van der Waals surface area contributed by atoms with Gasteiger partial charge >= 0.3 is 17.9 Å². The lowest BCUT2D eigenvalue weighted by Crippen LogP contribution is -2.46. The first-order valence-corrected chi connectivity index (χ1v) is 11.4. The molecule has 10 heteroatoms. The van der Waals surface area contributed by atoms with Crippen LogP contribution < -0.4 is 10.6 Å². The lowest BCUT2D eigenvalue weighted by molar-refractivity contribution is -0.161. The van der Waals surface area contributed by atoms with E-state index in [1.165, 1.54) is 6.92 Å². The molecule has 0 heterocycles. The molecular formula is C24H42N2O8. The first kappa shape index (κ1) is 31.4. The van der Waals surface area contributed by atoms with E-state index in [0.717, 1.165) is 0 Å². The number of esters is 3. The number of ether oxygens (including phenoxy) is 3. The second kappa shape index (κ2) is 12.7. The molecule has 0 aromatic heterocycles. The van der Waals surface area contributed by atoms with Crippen LogP contribution in [0.1, 0.15) is 94.9 Å². The van der Waals surface area contributed by atoms with Crippen molar-refractivity contribution >= 4 is 29.7 Å². The Morgan fingerprint density at radius 2 is 1.00 bits per heavy atom. The number of hydrogen-bond acceptors (Lipinski definition) is 8. The van der Waals surface area contributed by atoms with Gasteiger partial charge in [0.15, 0.2) is 0 Å². The number of carbonyl (C=O) groups is 5. The third kappa shape index (κ3) is 16.0. The van der Waals surface area contributed by atoms with E-state index in [-0.39, 0.29) is 25.7 Å². The summed E-state index contributed by atoms with van der Waals surface area (Å²) >= 11 is 0. The van der Waals surface area contributed by atoms with Crippen molar-refractivity contribution in [2.75, 3.05) is 0 Å². The van der Waals surface area contributed by atoms with Gasteiger partial charge in [-0.15, -0.1) is 0 Å². The van der Waals surface area contributed by atoms with Crippen LogP contribution in [0, 0.1) is 0 Å². The summed E-state index contributed by atoms with van der Waals surface area (Å²) in [6.45, 7) is 16.6. The molecule has 0 rings (SSSR count). The van der Waals surface area contributed by atoms with Crippen LogP contribution in [-0.2, 0) is 38.2 Å². The quantitative estimate of drug-likeness (QED) is 0.355. The second-order valence-corrected chi connectivity index (χ2v) is 11.1. The SMILES string of the molecule is CC(=O)N[C@@H](CCC(=O)N[C@@H](CCC(=O)OC(C)(C)C)C(=O)OC(C)(C)C)C(=O)OC(C)(C)C. The van der Waals surface area contributed by atoms with Gasteiger partial charge in [0, 0.05) is 19.8 Å². The lowest BCUT2D eigenvalue weighted by Gasteiger charge is -2.26. The fourth-order valence-electron chi connectivity index (χ4n) is 2.69. The predicted octanol–water partition coefficient (Wildman–Crippen LogP) is 2.56. The molecule has 0 aromatic rings. The standard InChI is InChI=1S/C24H42N2O8/c1-15(27)25-16(20(30)33-23(5,6)7)11-13-18(28)26-17(21(31)34-24(8,9)10)12-14-19(29)32-22(2,3)4/h16-17H,11-14H2,1-10H3,(H,25,27)(H,26,28)/t16-,17-/m0/s1. The Labute approximate surface area is 202 Å². The van der Waals surface area contributed by atoms with Gasteiger partial charge in [-0.05, 0) is 75.2 Å². The molecule has 0 aliphatic carbocycles. The Hall–Kier alpha value is -2.65. The average molecular weight is 487 g/mol. The van der Waals surface area contributed by atoms with E-state index in [2.05, 4.69) is 10.6 Å². The highest BCUT2D eigenvalue weighted by Gasteiger charge is 2.30. The molecule has 0 fully saturated rings. The van der Waals surface area contributed by atoms with Crippen LogP contribution in [0.4, 0.5) is 0 Å². The van der Waals surface area contributed by atoms with Gasteiger partial charge in [-0.1, -0.05) is 0 Å². The molecule has 0 aliphatic heterocycles. The second-order valence-electron chi connectivity index (χ2n) is 11.1. The minimum Gasteiger partial charge on any atom is -0.460 e. The van der Waals surface area contributed by atoms with E-state index in [9.17, 15) is 24.0 Å². The van der Waals surface area contributed by atoms with Gasteiger partial charge in [-0.2, -0.15) is 0 Å². The van der Waals surface area contributed by atoms with Crippen LogP contribution in [0.5, 0.6) is 0 Å². The molecule has 34 heavy (non-hydrogen) atoms. The molecule has 2 atom stereocenters. The molecule has 0 aromatic carbocycles. The number of nitrogens with one attached hydrogen (secondary N) is 2. The van der Waals surface area contributed by atoms with Gasteiger partial charge in [0.1, 0.15) is 28.9 Å². The zero-order valence-electron chi connectivity index (χ0n) is 22.2. The van der Waals surface area contributed by atoms with Crippen LogP contribution in [0.15, 0.2) is 0 Å². The fourth-order valence-corrected chi connectivity index (χ4v) is 2.69. The van der Waals surface area contributed by atoms with E-state index in [0.29, 0.717) is 0 Å². The van der Waals surface area contributed by atoms with Gasteiger partial charge < -0.3 is 24.8 Å². The third-order valence-electron chi connectivity index (χ3n) is 3.81. The molecule has 0 bridgehead atoms. The topological polar surface area (TPSA) is 137 Å². The zero-order chi connectivity index (χ0) is 26.9. The molecule has 0 radical (unpaired) electrons. The number of rotatable bonds is 10. The maximum Gasteiger partial charge on any atom is 0.329 e. The Balaban J connectivity index is 5.24. The van der Waals surface area contributed by atoms with Crippen LogP contribution in [0.3, 0.4) is 0 Å². The van der Waals surface area contributed by atoms with Crippen LogP contribution >= 0.6 is 0 Å². The van der Waals surface area contributed by atoms with Gasteiger partial charge in [0.05, 0.1) is 0 Å². The smallest absolute Gasteiger partial charge is 0.329 e. The summed E-state index contributed by atoms with van der Waals surface area (Å²) in [7, 11) is 0. The third-order valence-corrected chi connectivity index (χ3v) is 3.81. The number of amides is 2. The highest BCUT2D eigenvalue weighted by molar-refractivity contribution is 5.87. The minimum atomic E-state index is -1.08. The minimum absolute atomic E-state index is 0.0171. The molecule has 0 saturated heterocycles. The summed E-state index contributed by atoms with van der Waals surface area (Å²) in [6, 6.07) is -2.11. The summed E-state index contributed by atoms with van der Waals surface area (Å²) < 4.78 is 15.9. The van der Waals surface area contributed by atoms with Crippen molar-refractivity contribution < 1.29 is 38.2 Å². The van der Waals surface area contributed by atoms with Gasteiger partial charge in [0.25, 0.3) is 0 Å². The molecule has 0 aliphatic rings. The molecule has 2 amide bonds. The largest absolute Gasteiger partial charge is 0.460 e. The van der Waals surface area contributed by atoms with Crippen molar-refractivity contribution in [2.24, 2.45) is 0 Å². The van der Waals surface area contributed by atoms with E-state index in [4.69, 9.17) is 14.2 Å². The first-order valence-electron chi connectivity index (χ1n) is 11.4. The summed E-state index contributed by atoms with van der Waals surface area (Å²) in [5.74, 6) is -2.84. The molecular weight excluding hydrogens is 444 g/mol. The fraction of sp³-hybridized carbons (Fsp3) is 0.792. The first-order chi connectivity index (χ1) is 15.2. The van der Waals surface area contributed by atoms with Gasteiger partial charge in [0.2, 0.25) is 11.8 Å². The van der Waals surface area contributed by atoms with Crippen LogP contribution in [0.2, 0.25) is 0 Å². The van der Waals surface area contributed by atoms with Crippen molar-refractivity contribution in [1.29, 1.82) is 0 Å². The number of carbonyl (C=O) groups excluding carboxylic acids is 5.